The topological polar surface area (TPSA) is 65.5 Å². The number of rotatable bonds is 6. The summed E-state index contributed by atoms with van der Waals surface area (Å²) in [6.07, 6.45) is 0. The molecule has 2 aromatic carbocycles. The minimum absolute atomic E-state index is 0. The molecule has 0 atom stereocenters. The van der Waals surface area contributed by atoms with E-state index < -0.39 is 0 Å². The molecule has 2 aromatic rings. The zero-order valence-electron chi connectivity index (χ0n) is 14.9. The van der Waals surface area contributed by atoms with Crippen molar-refractivity contribution in [2.24, 2.45) is 4.99 Å². The van der Waals surface area contributed by atoms with Gasteiger partial charge in [-0.05, 0) is 30.7 Å². The summed E-state index contributed by atoms with van der Waals surface area (Å²) in [5.41, 5.74) is 2.10. The molecule has 0 heterocycles. The molecule has 7 heteroatoms. The maximum atomic E-state index is 13.7. The summed E-state index contributed by atoms with van der Waals surface area (Å²) >= 11 is 0. The van der Waals surface area contributed by atoms with Gasteiger partial charge in [-0.25, -0.2) is 9.38 Å². The first kappa shape index (κ1) is 21.9. The van der Waals surface area contributed by atoms with Crippen LogP contribution < -0.4 is 16.0 Å². The molecular formula is C19H24FIN4O. The van der Waals surface area contributed by atoms with E-state index >= 15 is 0 Å². The van der Waals surface area contributed by atoms with Crippen LogP contribution in [-0.4, -0.2) is 25.5 Å². The van der Waals surface area contributed by atoms with Crippen molar-refractivity contribution in [2.45, 2.75) is 20.0 Å². The molecule has 3 N–H and O–H groups in total. The standard InChI is InChI=1S/C19H23FN4O.HI/c1-3-22-19(24-13-16-8-4-5-10-17(16)20)23-12-14-7-6-9-15(11-14)18(25)21-2;/h4-11H,3,12-13H2,1-2H3,(H,21,25)(H2,22,23,24);1H. The molecule has 140 valence electrons. The number of amides is 1. The summed E-state index contributed by atoms with van der Waals surface area (Å²) in [7, 11) is 1.60. The molecule has 0 aliphatic carbocycles. The predicted molar refractivity (Wildman–Crippen MR) is 113 cm³/mol. The number of carbonyl (C=O) groups is 1. The predicted octanol–water partition coefficient (Wildman–Crippen LogP) is 3.06. The van der Waals surface area contributed by atoms with Crippen LogP contribution in [0, 0.1) is 5.82 Å². The zero-order chi connectivity index (χ0) is 18.1. The van der Waals surface area contributed by atoms with Crippen LogP contribution in [0.3, 0.4) is 0 Å². The number of halogens is 2. The molecule has 0 aliphatic heterocycles. The SMILES string of the molecule is CCNC(=NCc1cccc(C(=O)NC)c1)NCc1ccccc1F.I. The maximum Gasteiger partial charge on any atom is 0.251 e. The van der Waals surface area contributed by atoms with Gasteiger partial charge in [-0.1, -0.05) is 30.3 Å². The van der Waals surface area contributed by atoms with E-state index in [4.69, 9.17) is 0 Å². The highest BCUT2D eigenvalue weighted by Gasteiger charge is 2.05. The normalized spacial score (nSPS) is 10.7. The largest absolute Gasteiger partial charge is 0.357 e. The number of aliphatic imine (C=N–C) groups is 1. The van der Waals surface area contributed by atoms with Crippen molar-refractivity contribution in [3.63, 3.8) is 0 Å². The fraction of sp³-hybridized carbons (Fsp3) is 0.263. The van der Waals surface area contributed by atoms with Crippen molar-refractivity contribution < 1.29 is 9.18 Å². The number of guanidine groups is 1. The van der Waals surface area contributed by atoms with Crippen molar-refractivity contribution in [2.75, 3.05) is 13.6 Å². The first-order chi connectivity index (χ1) is 12.1. The van der Waals surface area contributed by atoms with Crippen molar-refractivity contribution in [3.05, 3.63) is 71.0 Å². The molecule has 26 heavy (non-hydrogen) atoms. The summed E-state index contributed by atoms with van der Waals surface area (Å²) in [4.78, 5) is 16.2. The molecule has 0 aliphatic rings. The Labute approximate surface area is 170 Å². The molecule has 1 amide bonds. The highest BCUT2D eigenvalue weighted by atomic mass is 127. The molecule has 5 nitrogen and oxygen atoms in total. The van der Waals surface area contributed by atoms with E-state index in [0.29, 0.717) is 36.7 Å². The second-order valence-electron chi connectivity index (χ2n) is 5.42. The first-order valence-electron chi connectivity index (χ1n) is 8.20. The number of benzene rings is 2. The first-order valence-corrected chi connectivity index (χ1v) is 8.20. The Bertz CT molecular complexity index is 752. The number of hydrogen-bond acceptors (Lipinski definition) is 2. The minimum Gasteiger partial charge on any atom is -0.357 e. The van der Waals surface area contributed by atoms with Crippen LogP contribution >= 0.6 is 24.0 Å². The summed E-state index contributed by atoms with van der Waals surface area (Å²) in [5, 5.41) is 8.85. The molecule has 0 saturated heterocycles. The summed E-state index contributed by atoms with van der Waals surface area (Å²) < 4.78 is 13.7. The Morgan fingerprint density at radius 2 is 1.88 bits per heavy atom. The van der Waals surface area contributed by atoms with Gasteiger partial charge in [0.2, 0.25) is 0 Å². The Hall–Kier alpha value is -2.16. The van der Waals surface area contributed by atoms with E-state index in [2.05, 4.69) is 20.9 Å². The van der Waals surface area contributed by atoms with Gasteiger partial charge in [0.1, 0.15) is 5.82 Å². The van der Waals surface area contributed by atoms with Gasteiger partial charge < -0.3 is 16.0 Å². The highest BCUT2D eigenvalue weighted by molar-refractivity contribution is 14.0. The van der Waals surface area contributed by atoms with E-state index in [1.54, 1.807) is 31.3 Å². The Kier molecular flexibility index (Phi) is 9.64. The average Bonchev–Trinajstić information content (AvgIpc) is 2.64. The fourth-order valence-corrected chi connectivity index (χ4v) is 2.29. The number of nitrogens with one attached hydrogen (secondary N) is 3. The second kappa shape index (κ2) is 11.5. The van der Waals surface area contributed by atoms with E-state index in [1.165, 1.54) is 6.07 Å². The van der Waals surface area contributed by atoms with Crippen LogP contribution in [0.5, 0.6) is 0 Å². The van der Waals surface area contributed by atoms with Crippen LogP contribution in [0.15, 0.2) is 53.5 Å². The molecule has 0 bridgehead atoms. The van der Waals surface area contributed by atoms with Crippen molar-refractivity contribution in [1.82, 2.24) is 16.0 Å². The number of hydrogen-bond donors (Lipinski definition) is 3. The second-order valence-corrected chi connectivity index (χ2v) is 5.42. The third-order valence-electron chi connectivity index (χ3n) is 3.58. The van der Waals surface area contributed by atoms with Gasteiger partial charge in [0.25, 0.3) is 5.91 Å². The van der Waals surface area contributed by atoms with E-state index in [1.807, 2.05) is 25.1 Å². The molecule has 0 spiro atoms. The van der Waals surface area contributed by atoms with E-state index in [9.17, 15) is 9.18 Å². The number of nitrogens with zero attached hydrogens (tertiary/aromatic N) is 1. The third-order valence-corrected chi connectivity index (χ3v) is 3.58. The van der Waals surface area contributed by atoms with Gasteiger partial charge in [-0.2, -0.15) is 0 Å². The highest BCUT2D eigenvalue weighted by Crippen LogP contribution is 2.07. The van der Waals surface area contributed by atoms with Gasteiger partial charge >= 0.3 is 0 Å². The lowest BCUT2D eigenvalue weighted by molar-refractivity contribution is 0.0963. The lowest BCUT2D eigenvalue weighted by Crippen LogP contribution is -2.37. The smallest absolute Gasteiger partial charge is 0.251 e. The minimum atomic E-state index is -0.246. The van der Waals surface area contributed by atoms with Crippen LogP contribution in [-0.2, 0) is 13.1 Å². The Balaban J connectivity index is 0.00000338. The lowest BCUT2D eigenvalue weighted by Gasteiger charge is -2.12. The summed E-state index contributed by atoms with van der Waals surface area (Å²) in [5.74, 6) is 0.218. The van der Waals surface area contributed by atoms with Crippen LogP contribution in [0.2, 0.25) is 0 Å². The van der Waals surface area contributed by atoms with Crippen LogP contribution in [0.25, 0.3) is 0 Å². The van der Waals surface area contributed by atoms with Gasteiger partial charge in [0.15, 0.2) is 5.96 Å². The molecule has 0 saturated carbocycles. The van der Waals surface area contributed by atoms with E-state index in [-0.39, 0.29) is 35.7 Å². The molecule has 0 unspecified atom stereocenters. The molecule has 0 aromatic heterocycles. The van der Waals surface area contributed by atoms with Gasteiger partial charge in [0.05, 0.1) is 6.54 Å². The summed E-state index contributed by atoms with van der Waals surface area (Å²) in [6, 6.07) is 13.9. The molecule has 0 radical (unpaired) electrons. The van der Waals surface area contributed by atoms with Gasteiger partial charge in [-0.15, -0.1) is 24.0 Å². The molecule has 0 fully saturated rings. The fourth-order valence-electron chi connectivity index (χ4n) is 2.29. The van der Waals surface area contributed by atoms with Crippen LogP contribution in [0.4, 0.5) is 4.39 Å². The molecular weight excluding hydrogens is 446 g/mol. The van der Waals surface area contributed by atoms with Gasteiger partial charge in [0, 0.05) is 31.3 Å². The molecule has 2 rings (SSSR count). The van der Waals surface area contributed by atoms with Crippen LogP contribution in [0.1, 0.15) is 28.4 Å². The Morgan fingerprint density at radius 3 is 2.58 bits per heavy atom. The van der Waals surface area contributed by atoms with E-state index in [0.717, 1.165) is 5.56 Å². The zero-order valence-corrected chi connectivity index (χ0v) is 17.2. The monoisotopic (exact) mass is 470 g/mol. The third kappa shape index (κ3) is 6.62. The Morgan fingerprint density at radius 1 is 1.12 bits per heavy atom. The summed E-state index contributed by atoms with van der Waals surface area (Å²) in [6.45, 7) is 3.42. The maximum absolute atomic E-state index is 13.7. The lowest BCUT2D eigenvalue weighted by atomic mass is 10.1. The van der Waals surface area contributed by atoms with Crippen molar-refractivity contribution in [3.8, 4) is 0 Å². The number of carbonyl (C=O) groups excluding carboxylic acids is 1. The average molecular weight is 470 g/mol. The quantitative estimate of drug-likeness (QED) is 0.346. The van der Waals surface area contributed by atoms with Gasteiger partial charge in [-0.3, -0.25) is 4.79 Å². The van der Waals surface area contributed by atoms with Crippen molar-refractivity contribution >= 4 is 35.8 Å². The van der Waals surface area contributed by atoms with Crippen molar-refractivity contribution in [1.29, 1.82) is 0 Å².